The largest absolute Gasteiger partial charge is 0.338 e. The van der Waals surface area contributed by atoms with Gasteiger partial charge in [-0.25, -0.2) is 18.5 Å². The number of halogens is 2. The van der Waals surface area contributed by atoms with Gasteiger partial charge < -0.3 is 9.80 Å². The van der Waals surface area contributed by atoms with Crippen molar-refractivity contribution in [2.45, 2.75) is 18.9 Å². The van der Waals surface area contributed by atoms with Crippen molar-refractivity contribution in [2.24, 2.45) is 0 Å². The number of carbonyl (C=O) groups excluding carboxylic acids is 3. The van der Waals surface area contributed by atoms with Crippen LogP contribution in [0.2, 0.25) is 0 Å². The molecule has 2 aliphatic heterocycles. The van der Waals surface area contributed by atoms with E-state index in [1.807, 2.05) is 6.07 Å². The van der Waals surface area contributed by atoms with Crippen molar-refractivity contribution in [3.05, 3.63) is 65.7 Å². The van der Waals surface area contributed by atoms with Crippen molar-refractivity contribution >= 4 is 23.5 Å². The van der Waals surface area contributed by atoms with E-state index >= 15 is 0 Å². The van der Waals surface area contributed by atoms with Crippen molar-refractivity contribution in [1.29, 1.82) is 0 Å². The molecule has 150 valence electrons. The summed E-state index contributed by atoms with van der Waals surface area (Å²) < 4.78 is 26.5. The second-order valence-electron chi connectivity index (χ2n) is 7.13. The summed E-state index contributed by atoms with van der Waals surface area (Å²) in [5.74, 6) is -2.72. The summed E-state index contributed by atoms with van der Waals surface area (Å²) >= 11 is 0. The van der Waals surface area contributed by atoms with E-state index < -0.39 is 11.6 Å². The minimum absolute atomic E-state index is 0.00944. The van der Waals surface area contributed by atoms with Gasteiger partial charge in [-0.1, -0.05) is 18.2 Å². The van der Waals surface area contributed by atoms with Crippen molar-refractivity contribution in [3.8, 4) is 0 Å². The van der Waals surface area contributed by atoms with E-state index in [4.69, 9.17) is 0 Å². The number of benzene rings is 2. The van der Waals surface area contributed by atoms with E-state index in [-0.39, 0.29) is 36.0 Å². The highest BCUT2D eigenvalue weighted by atomic mass is 19.2. The number of likely N-dealkylation sites (tertiary alicyclic amines) is 1. The number of hydrogen-bond acceptors (Lipinski definition) is 3. The fourth-order valence-electron chi connectivity index (χ4n) is 3.83. The van der Waals surface area contributed by atoms with Crippen molar-refractivity contribution in [3.63, 3.8) is 0 Å². The Kier molecular flexibility index (Phi) is 5.00. The second-order valence-corrected chi connectivity index (χ2v) is 7.13. The van der Waals surface area contributed by atoms with Gasteiger partial charge in [0.1, 0.15) is 6.54 Å². The molecule has 2 saturated heterocycles. The lowest BCUT2D eigenvalue weighted by atomic mass is 10.0. The van der Waals surface area contributed by atoms with E-state index in [2.05, 4.69) is 0 Å². The van der Waals surface area contributed by atoms with Crippen molar-refractivity contribution < 1.29 is 23.2 Å². The first-order valence-electron chi connectivity index (χ1n) is 9.38. The molecule has 0 bridgehead atoms. The highest BCUT2D eigenvalue weighted by Crippen LogP contribution is 2.26. The molecule has 0 spiro atoms. The van der Waals surface area contributed by atoms with Crippen LogP contribution in [0.3, 0.4) is 0 Å². The fourth-order valence-corrected chi connectivity index (χ4v) is 3.83. The Labute approximate surface area is 166 Å². The number of nitrogens with zero attached hydrogens (tertiary/aromatic N) is 3. The number of rotatable bonds is 3. The van der Waals surface area contributed by atoms with Gasteiger partial charge in [0.2, 0.25) is 0 Å². The molecule has 29 heavy (non-hydrogen) atoms. The predicted molar refractivity (Wildman–Crippen MR) is 101 cm³/mol. The van der Waals surface area contributed by atoms with Crippen LogP contribution in [0.4, 0.5) is 19.3 Å². The molecule has 0 aliphatic carbocycles. The lowest BCUT2D eigenvalue weighted by Gasteiger charge is -2.36. The first-order chi connectivity index (χ1) is 14.0. The van der Waals surface area contributed by atoms with E-state index in [0.29, 0.717) is 31.6 Å². The normalized spacial score (nSPS) is 17.9. The quantitative estimate of drug-likeness (QED) is 0.746. The molecule has 6 nitrogen and oxygen atoms in total. The van der Waals surface area contributed by atoms with Gasteiger partial charge in [0.05, 0.1) is 5.69 Å². The second kappa shape index (κ2) is 7.62. The first kappa shape index (κ1) is 19.0. The third-order valence-corrected chi connectivity index (χ3v) is 5.37. The zero-order valence-corrected chi connectivity index (χ0v) is 15.6. The monoisotopic (exact) mass is 399 g/mol. The molecule has 2 fully saturated rings. The number of carbonyl (C=O) groups is 3. The maximum Gasteiger partial charge on any atom is 0.332 e. The summed E-state index contributed by atoms with van der Waals surface area (Å²) in [7, 11) is 0. The number of amides is 4. The molecule has 0 aromatic heterocycles. The van der Waals surface area contributed by atoms with E-state index in [1.165, 1.54) is 11.0 Å². The molecule has 2 aromatic carbocycles. The Hall–Kier alpha value is -3.29. The van der Waals surface area contributed by atoms with Crippen LogP contribution in [0.5, 0.6) is 0 Å². The standard InChI is InChI=1S/C21H19F2N3O3/c22-17-7-6-14(12-18(17)23)20(28)24-10-8-15(9-11-24)25-13-19(27)26(21(25)29)16-4-2-1-3-5-16/h1-7,12,15H,8-11,13H2. The summed E-state index contributed by atoms with van der Waals surface area (Å²) in [6.45, 7) is 0.743. The van der Waals surface area contributed by atoms with Gasteiger partial charge in [0.15, 0.2) is 11.6 Å². The van der Waals surface area contributed by atoms with E-state index in [9.17, 15) is 23.2 Å². The molecule has 2 heterocycles. The lowest BCUT2D eigenvalue weighted by molar-refractivity contribution is -0.116. The van der Waals surface area contributed by atoms with Crippen LogP contribution in [0.25, 0.3) is 0 Å². The van der Waals surface area contributed by atoms with Gasteiger partial charge in [-0.15, -0.1) is 0 Å². The number of para-hydroxylation sites is 1. The Morgan fingerprint density at radius 1 is 0.931 bits per heavy atom. The molecule has 2 aliphatic rings. The fraction of sp³-hybridized carbons (Fsp3) is 0.286. The van der Waals surface area contributed by atoms with Crippen LogP contribution < -0.4 is 4.90 Å². The Morgan fingerprint density at radius 3 is 2.28 bits per heavy atom. The van der Waals surface area contributed by atoms with Crippen molar-refractivity contribution in [1.82, 2.24) is 9.80 Å². The van der Waals surface area contributed by atoms with Crippen LogP contribution in [-0.2, 0) is 4.79 Å². The summed E-state index contributed by atoms with van der Waals surface area (Å²) in [6.07, 6.45) is 1.02. The minimum Gasteiger partial charge on any atom is -0.338 e. The molecular formula is C21H19F2N3O3. The number of piperidine rings is 1. The Morgan fingerprint density at radius 2 is 1.62 bits per heavy atom. The van der Waals surface area contributed by atoms with Crippen molar-refractivity contribution in [2.75, 3.05) is 24.5 Å². The highest BCUT2D eigenvalue weighted by Gasteiger charge is 2.41. The van der Waals surface area contributed by atoms with Crippen LogP contribution >= 0.6 is 0 Å². The third-order valence-electron chi connectivity index (χ3n) is 5.37. The van der Waals surface area contributed by atoms with Gasteiger partial charge >= 0.3 is 6.03 Å². The molecule has 4 amide bonds. The van der Waals surface area contributed by atoms with Crippen LogP contribution in [0, 0.1) is 11.6 Å². The molecule has 0 radical (unpaired) electrons. The molecule has 4 rings (SSSR count). The molecular weight excluding hydrogens is 380 g/mol. The predicted octanol–water partition coefficient (Wildman–Crippen LogP) is 3.04. The van der Waals surface area contributed by atoms with Gasteiger partial charge in [0.25, 0.3) is 11.8 Å². The van der Waals surface area contributed by atoms with Crippen LogP contribution in [0.15, 0.2) is 48.5 Å². The van der Waals surface area contributed by atoms with Gasteiger partial charge in [-0.3, -0.25) is 9.59 Å². The summed E-state index contributed by atoms with van der Waals surface area (Å²) in [4.78, 5) is 42.0. The average Bonchev–Trinajstić information content (AvgIpc) is 3.04. The van der Waals surface area contributed by atoms with Crippen LogP contribution in [0.1, 0.15) is 23.2 Å². The number of hydrogen-bond donors (Lipinski definition) is 0. The molecule has 0 N–H and O–H groups in total. The van der Waals surface area contributed by atoms with E-state index in [1.54, 1.807) is 34.1 Å². The Bertz CT molecular complexity index is 959. The highest BCUT2D eigenvalue weighted by molar-refractivity contribution is 6.19. The summed E-state index contributed by atoms with van der Waals surface area (Å²) in [5.41, 5.74) is 0.626. The van der Waals surface area contributed by atoms with Gasteiger partial charge in [-0.2, -0.15) is 0 Å². The first-order valence-corrected chi connectivity index (χ1v) is 9.38. The van der Waals surface area contributed by atoms with E-state index in [0.717, 1.165) is 12.1 Å². The molecule has 0 atom stereocenters. The molecule has 2 aromatic rings. The molecule has 0 saturated carbocycles. The van der Waals surface area contributed by atoms with Gasteiger partial charge in [0, 0.05) is 24.7 Å². The Balaban J connectivity index is 1.41. The zero-order valence-electron chi connectivity index (χ0n) is 15.6. The summed E-state index contributed by atoms with van der Waals surface area (Å²) in [6, 6.07) is 11.3. The molecule has 0 unspecified atom stereocenters. The van der Waals surface area contributed by atoms with Gasteiger partial charge in [-0.05, 0) is 43.2 Å². The van der Waals surface area contributed by atoms with Crippen LogP contribution in [-0.4, -0.2) is 53.3 Å². The summed E-state index contributed by atoms with van der Waals surface area (Å²) in [5, 5.41) is 0. The SMILES string of the molecule is O=C(c1ccc(F)c(F)c1)N1CCC(N2CC(=O)N(c3ccccc3)C2=O)CC1. The molecule has 8 heteroatoms. The minimum atomic E-state index is -1.06. The smallest absolute Gasteiger partial charge is 0.332 e. The number of imide groups is 1. The maximum atomic E-state index is 13.4. The topological polar surface area (TPSA) is 60.9 Å². The number of anilines is 1. The lowest BCUT2D eigenvalue weighted by Crippen LogP contribution is -2.48. The number of urea groups is 1. The third kappa shape index (κ3) is 3.57. The average molecular weight is 399 g/mol. The maximum absolute atomic E-state index is 13.4. The zero-order chi connectivity index (χ0) is 20.5.